The van der Waals surface area contributed by atoms with Crippen LogP contribution in [-0.4, -0.2) is 60.3 Å². The van der Waals surface area contributed by atoms with Crippen molar-refractivity contribution >= 4 is 24.2 Å². The first-order chi connectivity index (χ1) is 14.5. The number of carbonyl (C=O) groups excluding carboxylic acids is 2. The molecular weight excluding hydrogens is 510 g/mol. The Hall–Kier alpha value is -2.70. The number of halogens is 14. The van der Waals surface area contributed by atoms with Gasteiger partial charge in [0.25, 0.3) is 0 Å². The second-order valence-electron chi connectivity index (χ2n) is 5.73. The molecule has 0 bridgehead atoms. The Morgan fingerprint density at radius 3 is 1.09 bits per heavy atom. The van der Waals surface area contributed by atoms with Crippen LogP contribution in [0.3, 0.4) is 0 Å². The van der Waals surface area contributed by atoms with E-state index in [1.807, 2.05) is 0 Å². The largest absolute Gasteiger partial charge is 0.460 e. The van der Waals surface area contributed by atoms with Crippen LogP contribution in [0, 0.1) is 0 Å². The third-order valence-corrected chi connectivity index (χ3v) is 3.25. The molecule has 33 heavy (non-hydrogen) atoms. The molecule has 0 aromatic heterocycles. The lowest BCUT2D eigenvalue weighted by molar-refractivity contribution is -0.344. The van der Waals surface area contributed by atoms with Gasteiger partial charge in [-0.1, -0.05) is 0 Å². The van der Waals surface area contributed by atoms with E-state index in [2.05, 4.69) is 10.2 Å². The Labute approximate surface area is 173 Å². The second-order valence-corrected chi connectivity index (χ2v) is 5.73. The maximum absolute atomic E-state index is 12.9. The molecule has 0 atom stereocenters. The van der Waals surface area contributed by atoms with Crippen molar-refractivity contribution in [3.63, 3.8) is 0 Å². The number of unbranched alkanes of at least 4 members (excludes halogenated alkanes) is 2. The van der Waals surface area contributed by atoms with E-state index in [9.17, 15) is 71.1 Å². The third-order valence-electron chi connectivity index (χ3n) is 3.25. The zero-order valence-electron chi connectivity index (χ0n) is 15.3. The van der Waals surface area contributed by atoms with Crippen LogP contribution >= 0.6 is 0 Å². The molecule has 0 rings (SSSR count). The van der Waals surface area contributed by atoms with Crippen LogP contribution in [0.25, 0.3) is 0 Å². The van der Waals surface area contributed by atoms with Crippen molar-refractivity contribution in [3.05, 3.63) is 0 Å². The van der Waals surface area contributed by atoms with Crippen molar-refractivity contribution in [2.75, 3.05) is 0 Å². The number of carbonyl (C=O) groups is 2. The highest BCUT2D eigenvalue weighted by molar-refractivity contribution is 5.85. The first kappa shape index (κ1) is 30.3. The van der Waals surface area contributed by atoms with E-state index < -0.39 is 47.9 Å². The van der Waals surface area contributed by atoms with Crippen LogP contribution in [0.4, 0.5) is 61.5 Å². The van der Waals surface area contributed by atoms with Gasteiger partial charge < -0.3 is 0 Å². The fourth-order valence-electron chi connectivity index (χ4n) is 1.42. The Morgan fingerprint density at radius 2 is 0.848 bits per heavy atom. The lowest BCUT2D eigenvalue weighted by atomic mass is 10.1. The molecule has 0 saturated carbocycles. The molecule has 0 aromatic rings. The number of rotatable bonds is 10. The number of hydrogen-bond donors (Lipinski definition) is 2. The van der Waals surface area contributed by atoms with E-state index in [1.165, 1.54) is 0 Å². The van der Waals surface area contributed by atoms with Gasteiger partial charge in [0.15, 0.2) is 0 Å². The number of hydrogen-bond acceptors (Lipinski definition) is 4. The molecule has 2 amide bonds. The standard InChI is InChI=1S/C13H10F14N4O2/c14-8(15,10(18,19)12(22,23)24)6(32)30-28-4-2-1-3-5-29-31-7(33)9(16,17)11(20,21)13(25,26)27/h4-5H,1-3H2,(H,30,32)(H,31,33)/b28-4-,29-5+. The molecule has 0 fully saturated rings. The molecule has 0 aromatic carbocycles. The molecule has 0 heterocycles. The first-order valence-corrected chi connectivity index (χ1v) is 7.83. The van der Waals surface area contributed by atoms with Crippen molar-refractivity contribution in [2.24, 2.45) is 10.2 Å². The molecule has 0 aliphatic rings. The van der Waals surface area contributed by atoms with Gasteiger partial charge in [0.1, 0.15) is 0 Å². The molecule has 2 N–H and O–H groups in total. The Kier molecular flexibility index (Phi) is 9.24. The summed E-state index contributed by atoms with van der Waals surface area (Å²) >= 11 is 0. The minimum Gasteiger partial charge on any atom is -0.266 e. The van der Waals surface area contributed by atoms with Gasteiger partial charge in [-0.15, -0.1) is 0 Å². The number of alkyl halides is 14. The molecular formula is C13H10F14N4O2. The van der Waals surface area contributed by atoms with E-state index >= 15 is 0 Å². The summed E-state index contributed by atoms with van der Waals surface area (Å²) in [5.41, 5.74) is 1.45. The fourth-order valence-corrected chi connectivity index (χ4v) is 1.42. The highest BCUT2D eigenvalue weighted by Gasteiger charge is 2.77. The quantitative estimate of drug-likeness (QED) is 0.198. The first-order valence-electron chi connectivity index (χ1n) is 7.83. The van der Waals surface area contributed by atoms with Crippen LogP contribution in [-0.2, 0) is 9.59 Å². The topological polar surface area (TPSA) is 82.9 Å². The van der Waals surface area contributed by atoms with Crippen molar-refractivity contribution < 1.29 is 71.1 Å². The smallest absolute Gasteiger partial charge is 0.266 e. The minimum absolute atomic E-state index is 0.205. The van der Waals surface area contributed by atoms with Crippen LogP contribution in [0.5, 0.6) is 0 Å². The maximum atomic E-state index is 12.9. The van der Waals surface area contributed by atoms with Crippen LogP contribution in [0.2, 0.25) is 0 Å². The van der Waals surface area contributed by atoms with Gasteiger partial charge >= 0.3 is 47.9 Å². The van der Waals surface area contributed by atoms with Crippen LogP contribution in [0.15, 0.2) is 10.2 Å². The van der Waals surface area contributed by atoms with Gasteiger partial charge in [-0.3, -0.25) is 9.59 Å². The molecule has 192 valence electrons. The maximum Gasteiger partial charge on any atom is 0.460 e. The summed E-state index contributed by atoms with van der Waals surface area (Å²) in [6.45, 7) is 0. The summed E-state index contributed by atoms with van der Waals surface area (Å²) in [7, 11) is 0. The molecule has 0 aliphatic heterocycles. The van der Waals surface area contributed by atoms with E-state index in [-0.39, 0.29) is 19.3 Å². The molecule has 6 nitrogen and oxygen atoms in total. The molecule has 0 saturated heterocycles. The van der Waals surface area contributed by atoms with Gasteiger partial charge in [0.05, 0.1) is 0 Å². The lowest BCUT2D eigenvalue weighted by Gasteiger charge is -2.26. The zero-order chi connectivity index (χ0) is 26.5. The van der Waals surface area contributed by atoms with Gasteiger partial charge in [0.2, 0.25) is 0 Å². The second kappa shape index (κ2) is 10.1. The highest BCUT2D eigenvalue weighted by Crippen LogP contribution is 2.47. The van der Waals surface area contributed by atoms with Crippen molar-refractivity contribution in [3.8, 4) is 0 Å². The molecule has 0 radical (unpaired) electrons. The zero-order valence-corrected chi connectivity index (χ0v) is 15.3. The predicted molar refractivity (Wildman–Crippen MR) is 79.0 cm³/mol. The van der Waals surface area contributed by atoms with Crippen molar-refractivity contribution in [1.29, 1.82) is 0 Å². The average Bonchev–Trinajstić information content (AvgIpc) is 2.63. The normalized spacial score (nSPS) is 14.7. The fraction of sp³-hybridized carbons (Fsp3) is 0.692. The number of nitrogens with one attached hydrogen (secondary N) is 2. The molecule has 0 aliphatic carbocycles. The third kappa shape index (κ3) is 6.65. The lowest BCUT2D eigenvalue weighted by Crippen LogP contribution is -2.58. The van der Waals surface area contributed by atoms with Gasteiger partial charge in [-0.25, -0.2) is 10.9 Å². The highest BCUT2D eigenvalue weighted by atomic mass is 19.4. The summed E-state index contributed by atoms with van der Waals surface area (Å²) in [6, 6.07) is 0. The molecule has 0 spiro atoms. The van der Waals surface area contributed by atoms with Crippen molar-refractivity contribution in [2.45, 2.75) is 55.3 Å². The van der Waals surface area contributed by atoms with Crippen molar-refractivity contribution in [1.82, 2.24) is 10.9 Å². The number of nitrogens with zero attached hydrogens (tertiary/aromatic N) is 2. The SMILES string of the molecule is O=C(N/N=C\CCC/C=N/NC(=O)C(F)(F)C(F)(F)C(F)(F)F)C(F)(F)C(F)(F)C(F)(F)F. The summed E-state index contributed by atoms with van der Waals surface area (Å²) in [5.74, 6) is -32.0. The number of hydrazone groups is 2. The van der Waals surface area contributed by atoms with Gasteiger partial charge in [-0.05, 0) is 19.3 Å². The van der Waals surface area contributed by atoms with Crippen LogP contribution < -0.4 is 10.9 Å². The Bertz CT molecular complexity index is 695. The van der Waals surface area contributed by atoms with E-state index in [0.29, 0.717) is 12.4 Å². The van der Waals surface area contributed by atoms with Crippen LogP contribution in [0.1, 0.15) is 19.3 Å². The molecule has 20 heteroatoms. The van der Waals surface area contributed by atoms with E-state index in [1.54, 1.807) is 0 Å². The number of amides is 2. The minimum atomic E-state index is -6.75. The Balaban J connectivity index is 4.57. The van der Waals surface area contributed by atoms with Gasteiger partial charge in [-0.2, -0.15) is 71.7 Å². The van der Waals surface area contributed by atoms with E-state index in [0.717, 1.165) is 10.9 Å². The summed E-state index contributed by atoms with van der Waals surface area (Å²) in [4.78, 5) is 21.6. The predicted octanol–water partition coefficient (Wildman–Crippen LogP) is 4.03. The van der Waals surface area contributed by atoms with E-state index in [4.69, 9.17) is 0 Å². The Morgan fingerprint density at radius 1 is 0.576 bits per heavy atom. The average molecular weight is 520 g/mol. The summed E-state index contributed by atoms with van der Waals surface area (Å²) in [5, 5.41) is 5.31. The molecule has 0 unspecified atom stereocenters. The van der Waals surface area contributed by atoms with Gasteiger partial charge in [0, 0.05) is 12.4 Å². The summed E-state index contributed by atoms with van der Waals surface area (Å²) < 4.78 is 173. The monoisotopic (exact) mass is 520 g/mol. The summed E-state index contributed by atoms with van der Waals surface area (Å²) in [6.07, 6.45) is -13.4.